The van der Waals surface area contributed by atoms with E-state index in [1.807, 2.05) is 12.1 Å². The summed E-state index contributed by atoms with van der Waals surface area (Å²) in [5, 5.41) is 7.16. The summed E-state index contributed by atoms with van der Waals surface area (Å²) in [5.74, 6) is 0. The lowest BCUT2D eigenvalue weighted by Gasteiger charge is -2.27. The average molecular weight is 740 g/mol. The van der Waals surface area contributed by atoms with E-state index < -0.39 is 0 Å². The van der Waals surface area contributed by atoms with Crippen molar-refractivity contribution in [3.8, 4) is 44.5 Å². The maximum Gasteiger partial charge on any atom is 0.143 e. The summed E-state index contributed by atoms with van der Waals surface area (Å²) >= 11 is 0. The first-order chi connectivity index (χ1) is 28.8. The minimum Gasteiger partial charge on any atom is -0.455 e. The van der Waals surface area contributed by atoms with Gasteiger partial charge in [-0.1, -0.05) is 182 Å². The number of fused-ring (bicyclic) bond motifs is 6. The standard InChI is InChI=1S/C56H37NO/c1-4-16-38(17-5-1)39-30-32-43(33-31-39)57(44-23-14-22-42(36-44)46-27-15-28-51-49-25-12-13-29-53(49)58-56(46)51)45-34-35-48-47-24-10-11-26-50(47)54(40-18-6-2-7-19-40)55(52(48)37-45)41-20-8-3-9-21-41/h1-37H. The van der Waals surface area contributed by atoms with E-state index in [1.165, 1.54) is 54.9 Å². The van der Waals surface area contributed by atoms with Crippen LogP contribution in [0.3, 0.4) is 0 Å². The third-order valence-electron chi connectivity index (χ3n) is 11.4. The molecule has 0 saturated heterocycles. The summed E-state index contributed by atoms with van der Waals surface area (Å²) in [4.78, 5) is 2.39. The summed E-state index contributed by atoms with van der Waals surface area (Å²) < 4.78 is 6.54. The van der Waals surface area contributed by atoms with Crippen molar-refractivity contribution in [3.05, 3.63) is 224 Å². The van der Waals surface area contributed by atoms with Crippen molar-refractivity contribution >= 4 is 60.5 Å². The molecule has 1 heterocycles. The normalized spacial score (nSPS) is 11.4. The molecule has 11 rings (SSSR count). The Kier molecular flexibility index (Phi) is 8.19. The smallest absolute Gasteiger partial charge is 0.143 e. The number of rotatable bonds is 7. The number of furan rings is 1. The van der Waals surface area contributed by atoms with Crippen LogP contribution in [0.5, 0.6) is 0 Å². The van der Waals surface area contributed by atoms with Gasteiger partial charge in [0.2, 0.25) is 0 Å². The van der Waals surface area contributed by atoms with Gasteiger partial charge in [0.05, 0.1) is 0 Å². The van der Waals surface area contributed by atoms with E-state index in [9.17, 15) is 0 Å². The van der Waals surface area contributed by atoms with Gasteiger partial charge in [-0.05, 0) is 103 Å². The lowest BCUT2D eigenvalue weighted by Crippen LogP contribution is -2.10. The van der Waals surface area contributed by atoms with Crippen molar-refractivity contribution < 1.29 is 4.42 Å². The van der Waals surface area contributed by atoms with Gasteiger partial charge >= 0.3 is 0 Å². The zero-order chi connectivity index (χ0) is 38.4. The van der Waals surface area contributed by atoms with Gasteiger partial charge in [-0.15, -0.1) is 0 Å². The minimum atomic E-state index is 0.897. The van der Waals surface area contributed by atoms with Crippen LogP contribution in [-0.4, -0.2) is 0 Å². The molecule has 0 spiro atoms. The van der Waals surface area contributed by atoms with Crippen LogP contribution in [-0.2, 0) is 0 Å². The quantitative estimate of drug-likeness (QED) is 0.151. The predicted octanol–water partition coefficient (Wildman–Crippen LogP) is 16.0. The third-order valence-corrected chi connectivity index (χ3v) is 11.4. The lowest BCUT2D eigenvalue weighted by molar-refractivity contribution is 0.670. The number of benzene rings is 10. The molecule has 0 aliphatic carbocycles. The Labute approximate surface area is 337 Å². The summed E-state index contributed by atoms with van der Waals surface area (Å²) in [6.07, 6.45) is 0. The van der Waals surface area contributed by atoms with E-state index in [0.717, 1.165) is 50.1 Å². The van der Waals surface area contributed by atoms with E-state index >= 15 is 0 Å². The molecule has 0 bridgehead atoms. The topological polar surface area (TPSA) is 16.4 Å². The minimum absolute atomic E-state index is 0.897. The molecule has 0 saturated carbocycles. The fourth-order valence-corrected chi connectivity index (χ4v) is 8.80. The number of nitrogens with zero attached hydrogens (tertiary/aromatic N) is 1. The van der Waals surface area contributed by atoms with Crippen molar-refractivity contribution in [1.29, 1.82) is 0 Å². The van der Waals surface area contributed by atoms with Crippen molar-refractivity contribution in [2.24, 2.45) is 0 Å². The van der Waals surface area contributed by atoms with Gasteiger partial charge in [0.25, 0.3) is 0 Å². The van der Waals surface area contributed by atoms with Crippen LogP contribution in [0.2, 0.25) is 0 Å². The van der Waals surface area contributed by atoms with Gasteiger partial charge in [0, 0.05) is 33.4 Å². The third kappa shape index (κ3) is 5.74. The highest BCUT2D eigenvalue weighted by atomic mass is 16.3. The van der Waals surface area contributed by atoms with E-state index in [1.54, 1.807) is 0 Å². The maximum atomic E-state index is 6.54. The number of hydrogen-bond acceptors (Lipinski definition) is 2. The second kappa shape index (κ2) is 14.1. The van der Waals surface area contributed by atoms with Gasteiger partial charge < -0.3 is 9.32 Å². The van der Waals surface area contributed by atoms with Crippen LogP contribution in [0, 0.1) is 0 Å². The molecule has 2 nitrogen and oxygen atoms in total. The Hall–Kier alpha value is -7.68. The molecule has 0 radical (unpaired) electrons. The maximum absolute atomic E-state index is 6.54. The molecule has 2 heteroatoms. The van der Waals surface area contributed by atoms with Crippen LogP contribution in [0.15, 0.2) is 229 Å². The molecule has 272 valence electrons. The van der Waals surface area contributed by atoms with Crippen LogP contribution in [0.1, 0.15) is 0 Å². The van der Waals surface area contributed by atoms with E-state index in [2.05, 4.69) is 217 Å². The highest BCUT2D eigenvalue weighted by Gasteiger charge is 2.21. The number of anilines is 3. The van der Waals surface area contributed by atoms with Crippen LogP contribution in [0.4, 0.5) is 17.1 Å². The van der Waals surface area contributed by atoms with E-state index in [0.29, 0.717) is 0 Å². The van der Waals surface area contributed by atoms with Gasteiger partial charge in [-0.25, -0.2) is 0 Å². The van der Waals surface area contributed by atoms with Gasteiger partial charge in [-0.3, -0.25) is 0 Å². The monoisotopic (exact) mass is 739 g/mol. The molecule has 11 aromatic rings. The van der Waals surface area contributed by atoms with Crippen LogP contribution < -0.4 is 4.90 Å². The van der Waals surface area contributed by atoms with Gasteiger partial charge in [-0.2, -0.15) is 0 Å². The summed E-state index contributed by atoms with van der Waals surface area (Å²) in [6, 6.07) is 80.7. The van der Waals surface area contributed by atoms with Crippen LogP contribution in [0.25, 0.3) is 88.0 Å². The van der Waals surface area contributed by atoms with Crippen molar-refractivity contribution in [2.45, 2.75) is 0 Å². The summed E-state index contributed by atoms with van der Waals surface area (Å²) in [6.45, 7) is 0. The summed E-state index contributed by atoms with van der Waals surface area (Å²) in [7, 11) is 0. The highest BCUT2D eigenvalue weighted by Crippen LogP contribution is 2.47. The first kappa shape index (κ1) is 33.6. The fraction of sp³-hybridized carbons (Fsp3) is 0. The average Bonchev–Trinajstić information content (AvgIpc) is 3.69. The Balaban J connectivity index is 1.16. The van der Waals surface area contributed by atoms with E-state index in [4.69, 9.17) is 4.42 Å². The van der Waals surface area contributed by atoms with E-state index in [-0.39, 0.29) is 0 Å². The Bertz CT molecular complexity index is 3260. The summed E-state index contributed by atoms with van der Waals surface area (Å²) in [5.41, 5.74) is 14.4. The highest BCUT2D eigenvalue weighted by molar-refractivity contribution is 6.22. The Morgan fingerprint density at radius 2 is 0.776 bits per heavy atom. The predicted molar refractivity (Wildman–Crippen MR) is 245 cm³/mol. The molecule has 10 aromatic carbocycles. The molecule has 58 heavy (non-hydrogen) atoms. The first-order valence-electron chi connectivity index (χ1n) is 19.8. The molecule has 0 fully saturated rings. The second-order valence-electron chi connectivity index (χ2n) is 14.8. The molecule has 0 amide bonds. The molecule has 0 atom stereocenters. The zero-order valence-electron chi connectivity index (χ0n) is 31.7. The lowest BCUT2D eigenvalue weighted by atomic mass is 9.85. The number of hydrogen-bond donors (Lipinski definition) is 0. The molecule has 0 unspecified atom stereocenters. The molecular weight excluding hydrogens is 703 g/mol. The number of para-hydroxylation sites is 2. The zero-order valence-corrected chi connectivity index (χ0v) is 31.7. The first-order valence-corrected chi connectivity index (χ1v) is 19.8. The van der Waals surface area contributed by atoms with Crippen molar-refractivity contribution in [2.75, 3.05) is 4.90 Å². The van der Waals surface area contributed by atoms with Gasteiger partial charge in [0.15, 0.2) is 0 Å². The molecule has 1 aromatic heterocycles. The molecule has 0 aliphatic rings. The largest absolute Gasteiger partial charge is 0.455 e. The fourth-order valence-electron chi connectivity index (χ4n) is 8.80. The van der Waals surface area contributed by atoms with Crippen molar-refractivity contribution in [3.63, 3.8) is 0 Å². The SMILES string of the molecule is c1ccc(-c2ccc(N(c3cccc(-c4cccc5c4oc4ccccc45)c3)c3ccc4c(c3)c(-c3ccccc3)c(-c3ccccc3)c3ccccc34)cc2)cc1. The molecule has 0 N–H and O–H groups in total. The molecular formula is C56H37NO. The Morgan fingerprint density at radius 1 is 0.276 bits per heavy atom. The van der Waals surface area contributed by atoms with Gasteiger partial charge in [0.1, 0.15) is 11.2 Å². The second-order valence-corrected chi connectivity index (χ2v) is 14.8. The van der Waals surface area contributed by atoms with Crippen molar-refractivity contribution in [1.82, 2.24) is 0 Å². The van der Waals surface area contributed by atoms with Crippen LogP contribution >= 0.6 is 0 Å². The Morgan fingerprint density at radius 3 is 1.50 bits per heavy atom. The molecule has 0 aliphatic heterocycles.